The number of ether oxygens (including phenoxy) is 2. The maximum atomic E-state index is 11.1. The molecule has 16 nitrogen and oxygen atoms in total. The molecule has 20 heteroatoms. The van der Waals surface area contributed by atoms with E-state index in [-0.39, 0.29) is 0 Å². The van der Waals surface area contributed by atoms with Crippen molar-refractivity contribution in [2.45, 2.75) is 13.8 Å². The van der Waals surface area contributed by atoms with Gasteiger partial charge in [0.2, 0.25) is 0 Å². The number of rotatable bonds is 4. The molecule has 0 unspecified atom stereocenters. The minimum atomic E-state index is -0.527. The van der Waals surface area contributed by atoms with Gasteiger partial charge < -0.3 is 15.2 Å². The Bertz CT molecular complexity index is 1710. The summed E-state index contributed by atoms with van der Waals surface area (Å²) in [6, 6.07) is 0. The van der Waals surface area contributed by atoms with Crippen LogP contribution in [0.2, 0.25) is 0 Å². The number of carbonyl (C=O) groups excluding carboxylic acids is 2. The molecule has 0 saturated carbocycles. The molecule has 0 aliphatic heterocycles. The van der Waals surface area contributed by atoms with Gasteiger partial charge in [-0.25, -0.2) is 39.5 Å². The summed E-state index contributed by atoms with van der Waals surface area (Å²) in [4.78, 5) is 60.7. The molecule has 0 bridgehead atoms. The van der Waals surface area contributed by atoms with Crippen molar-refractivity contribution in [2.24, 2.45) is 0 Å². The van der Waals surface area contributed by atoms with Crippen molar-refractivity contribution < 1.29 is 19.1 Å². The molecular weight excluding hydrogens is 660 g/mol. The number of amides is 2. The van der Waals surface area contributed by atoms with Gasteiger partial charge in [-0.1, -0.05) is 34.0 Å². The van der Waals surface area contributed by atoms with Crippen LogP contribution < -0.4 is 16.4 Å². The molecule has 212 valence electrons. The Morgan fingerprint density at radius 3 is 1.76 bits per heavy atom. The highest BCUT2D eigenvalue weighted by atomic mass is 79.9. The second kappa shape index (κ2) is 14.4. The summed E-state index contributed by atoms with van der Waals surface area (Å²) in [7, 11) is 0. The van der Waals surface area contributed by atoms with E-state index in [0.717, 1.165) is 4.83 Å². The number of hydrogen-bond acceptors (Lipinski definition) is 17. The lowest BCUT2D eigenvalue weighted by Crippen LogP contribution is -2.12. The Hall–Kier alpha value is -4.27. The van der Waals surface area contributed by atoms with E-state index in [2.05, 4.69) is 71.4 Å². The molecule has 41 heavy (non-hydrogen) atoms. The summed E-state index contributed by atoms with van der Waals surface area (Å²) >= 11 is 7.05. The highest BCUT2D eigenvalue weighted by Crippen LogP contribution is 2.24. The van der Waals surface area contributed by atoms with E-state index in [0.29, 0.717) is 59.8 Å². The molecule has 4 N–H and O–H groups in total. The van der Waals surface area contributed by atoms with Gasteiger partial charge >= 0.3 is 12.2 Å². The minimum Gasteiger partial charge on any atom is -0.450 e. The van der Waals surface area contributed by atoms with E-state index in [1.54, 1.807) is 44.8 Å². The van der Waals surface area contributed by atoms with Crippen molar-refractivity contribution >= 4 is 109 Å². The molecule has 0 aliphatic carbocycles. The zero-order valence-corrected chi connectivity index (χ0v) is 25.2. The first-order valence-corrected chi connectivity index (χ1v) is 14.7. The largest absolute Gasteiger partial charge is 0.450 e. The van der Waals surface area contributed by atoms with Crippen LogP contribution in [0.1, 0.15) is 13.8 Å². The van der Waals surface area contributed by atoms with Crippen molar-refractivity contribution in [1.29, 1.82) is 0 Å². The van der Waals surface area contributed by atoms with E-state index in [1.165, 1.54) is 34.0 Å². The maximum Gasteiger partial charge on any atom is 0.413 e. The molecule has 6 aromatic rings. The number of nitrogen functional groups attached to an aromatic ring is 1. The van der Waals surface area contributed by atoms with Crippen LogP contribution in [-0.2, 0) is 9.47 Å². The molecule has 6 heterocycles. The van der Waals surface area contributed by atoms with Crippen LogP contribution in [-0.4, -0.2) is 70.3 Å². The molecular formula is C21H19BrN12O4S3. The van der Waals surface area contributed by atoms with Gasteiger partial charge in [0.25, 0.3) is 0 Å². The predicted octanol–water partition coefficient (Wildman–Crippen LogP) is 4.74. The number of aromatic nitrogens is 9. The van der Waals surface area contributed by atoms with Gasteiger partial charge in [-0.2, -0.15) is 15.0 Å². The quantitative estimate of drug-likeness (QED) is 0.229. The lowest BCUT2D eigenvalue weighted by atomic mass is 10.7. The van der Waals surface area contributed by atoms with Gasteiger partial charge in [-0.3, -0.25) is 10.6 Å². The topological polar surface area (TPSA) is 219 Å². The first-order valence-electron chi connectivity index (χ1n) is 11.4. The van der Waals surface area contributed by atoms with Crippen molar-refractivity contribution in [3.63, 3.8) is 0 Å². The first-order chi connectivity index (χ1) is 19.8. The molecule has 2 amide bonds. The van der Waals surface area contributed by atoms with Gasteiger partial charge in [0, 0.05) is 24.8 Å². The summed E-state index contributed by atoms with van der Waals surface area (Å²) in [5.74, 6) is 0. The van der Waals surface area contributed by atoms with E-state index in [1.807, 2.05) is 0 Å². The molecule has 0 spiro atoms. The van der Waals surface area contributed by atoms with Crippen molar-refractivity contribution in [3.05, 3.63) is 35.6 Å². The zero-order chi connectivity index (χ0) is 29.2. The van der Waals surface area contributed by atoms with E-state index in [4.69, 9.17) is 15.2 Å². The average Bonchev–Trinajstić information content (AvgIpc) is 3.64. The number of hydrogen-bond donors (Lipinski definition) is 3. The molecule has 0 fully saturated rings. The number of nitrogens with two attached hydrogens (primary N) is 1. The molecule has 0 atom stereocenters. The van der Waals surface area contributed by atoms with Gasteiger partial charge in [-0.15, -0.1) is 0 Å². The van der Waals surface area contributed by atoms with Crippen LogP contribution in [0.4, 0.5) is 25.0 Å². The van der Waals surface area contributed by atoms with Gasteiger partial charge in [0.1, 0.15) is 4.60 Å². The third-order valence-corrected chi connectivity index (χ3v) is 7.06. The minimum absolute atomic E-state index is 0.318. The number of nitrogens with one attached hydrogen (secondary N) is 2. The summed E-state index contributed by atoms with van der Waals surface area (Å²) in [6.45, 7) is 4.12. The van der Waals surface area contributed by atoms with Crippen LogP contribution in [0.15, 0.2) is 35.6 Å². The molecule has 0 radical (unpaired) electrons. The number of halogens is 1. The van der Waals surface area contributed by atoms with Crippen LogP contribution in [0.25, 0.3) is 31.4 Å². The predicted molar refractivity (Wildman–Crippen MR) is 159 cm³/mol. The van der Waals surface area contributed by atoms with Gasteiger partial charge in [0.15, 0.2) is 46.8 Å². The molecule has 0 saturated heterocycles. The van der Waals surface area contributed by atoms with Crippen LogP contribution in [0.3, 0.4) is 0 Å². The van der Waals surface area contributed by atoms with E-state index in [9.17, 15) is 9.59 Å². The standard InChI is InChI=1S/C8H7BrN4O2S.C8H8N4O2S.C5H4N4S/c1-2-15-8(14)13-7-12-5-6(16-7)11-4(9)3-10-5;1-2-14-8(13)12-7-11-5-6(15-7)10-4-3-9-5;6-5-9-3-4(10-5)8-2-1-7-3/h3H,2H2,1H3,(H,10,12,13,14);3-4H,2H2,1H3,(H,9,11,12,13);1-2H,(H2,6,7,9). The summed E-state index contributed by atoms with van der Waals surface area (Å²) < 4.78 is 10.1. The lowest BCUT2D eigenvalue weighted by molar-refractivity contribution is 0.167. The first kappa shape index (κ1) is 29.7. The van der Waals surface area contributed by atoms with Crippen molar-refractivity contribution in [3.8, 4) is 0 Å². The highest BCUT2D eigenvalue weighted by Gasteiger charge is 2.10. The second-order valence-electron chi connectivity index (χ2n) is 6.97. The Labute approximate surface area is 251 Å². The zero-order valence-electron chi connectivity index (χ0n) is 21.1. The van der Waals surface area contributed by atoms with Crippen LogP contribution in [0, 0.1) is 0 Å². The Balaban J connectivity index is 0.000000145. The fourth-order valence-electron chi connectivity index (χ4n) is 2.69. The maximum absolute atomic E-state index is 11.1. The number of carbonyl (C=O) groups is 2. The Morgan fingerprint density at radius 1 is 0.732 bits per heavy atom. The number of fused-ring (bicyclic) bond motifs is 3. The molecule has 6 aromatic heterocycles. The lowest BCUT2D eigenvalue weighted by Gasteiger charge is -1.99. The van der Waals surface area contributed by atoms with Gasteiger partial charge in [-0.05, 0) is 29.8 Å². The van der Waals surface area contributed by atoms with Gasteiger partial charge in [0.05, 0.1) is 19.4 Å². The average molecular weight is 680 g/mol. The number of nitrogens with zero attached hydrogens (tertiary/aromatic N) is 9. The fraction of sp³-hybridized carbons (Fsp3) is 0.190. The van der Waals surface area contributed by atoms with Crippen molar-refractivity contribution in [1.82, 2.24) is 44.9 Å². The van der Waals surface area contributed by atoms with E-state index >= 15 is 0 Å². The Morgan fingerprint density at radius 2 is 1.22 bits per heavy atom. The number of anilines is 3. The SMILES string of the molecule is CCOC(=O)Nc1nc2ncc(Br)nc2s1.CCOC(=O)Nc1nc2nccnc2s1.Nc1nc2nccnc2s1. The second-order valence-corrected chi connectivity index (χ2v) is 10.7. The fourth-order valence-corrected chi connectivity index (χ4v) is 5.25. The molecule has 0 aromatic carbocycles. The summed E-state index contributed by atoms with van der Waals surface area (Å²) in [5, 5.41) is 6.38. The normalized spacial score (nSPS) is 10.3. The number of thiazole rings is 3. The summed E-state index contributed by atoms with van der Waals surface area (Å²) in [5.41, 5.74) is 7.07. The molecule has 0 aliphatic rings. The smallest absolute Gasteiger partial charge is 0.413 e. The molecule has 6 rings (SSSR count). The Kier molecular flexibility index (Phi) is 10.4. The van der Waals surface area contributed by atoms with Crippen molar-refractivity contribution in [2.75, 3.05) is 29.6 Å². The monoisotopic (exact) mass is 678 g/mol. The summed E-state index contributed by atoms with van der Waals surface area (Å²) in [6.07, 6.45) is 6.86. The van der Waals surface area contributed by atoms with Crippen LogP contribution >= 0.6 is 49.9 Å². The van der Waals surface area contributed by atoms with E-state index < -0.39 is 12.2 Å². The highest BCUT2D eigenvalue weighted by molar-refractivity contribution is 9.10. The third-order valence-electron chi connectivity index (χ3n) is 4.17. The third kappa shape index (κ3) is 8.61. The van der Waals surface area contributed by atoms with Crippen LogP contribution in [0.5, 0.6) is 0 Å².